The average molecular weight is 280 g/mol. The summed E-state index contributed by atoms with van der Waals surface area (Å²) in [7, 11) is 0. The summed E-state index contributed by atoms with van der Waals surface area (Å²) < 4.78 is 0. The van der Waals surface area contributed by atoms with Crippen LogP contribution in [0.15, 0.2) is 17.5 Å². The Kier molecular flexibility index (Phi) is 5.04. The third-order valence-electron chi connectivity index (χ3n) is 4.78. The van der Waals surface area contributed by atoms with E-state index in [2.05, 4.69) is 43.7 Å². The molecule has 1 aliphatic rings. The first-order valence-corrected chi connectivity index (χ1v) is 8.37. The molecule has 1 saturated carbocycles. The van der Waals surface area contributed by atoms with Crippen LogP contribution < -0.4 is 11.3 Å². The molecule has 2 nitrogen and oxygen atoms in total. The molecule has 1 fully saturated rings. The molecule has 0 aliphatic heterocycles. The summed E-state index contributed by atoms with van der Waals surface area (Å²) >= 11 is 1.84. The van der Waals surface area contributed by atoms with E-state index in [-0.39, 0.29) is 0 Å². The van der Waals surface area contributed by atoms with Crippen LogP contribution in [0.25, 0.3) is 0 Å². The molecule has 3 N–H and O–H groups in total. The first kappa shape index (κ1) is 15.0. The van der Waals surface area contributed by atoms with Crippen molar-refractivity contribution in [3.8, 4) is 0 Å². The maximum Gasteiger partial charge on any atom is 0.0286 e. The van der Waals surface area contributed by atoms with Gasteiger partial charge in [0.1, 0.15) is 0 Å². The monoisotopic (exact) mass is 280 g/mol. The summed E-state index contributed by atoms with van der Waals surface area (Å²) in [5, 5.41) is 2.15. The highest BCUT2D eigenvalue weighted by molar-refractivity contribution is 7.09. The Morgan fingerprint density at radius 1 is 1.32 bits per heavy atom. The molecule has 3 heteroatoms. The molecule has 0 aromatic carbocycles. The minimum absolute atomic E-state index is 0.444. The average Bonchev–Trinajstić information content (AvgIpc) is 2.88. The van der Waals surface area contributed by atoms with Crippen molar-refractivity contribution in [1.82, 2.24) is 5.43 Å². The molecule has 19 heavy (non-hydrogen) atoms. The topological polar surface area (TPSA) is 38.0 Å². The maximum atomic E-state index is 5.80. The summed E-state index contributed by atoms with van der Waals surface area (Å²) in [6.07, 6.45) is 6.44. The SMILES string of the molecule is CC(C)(C)C1CCC(C(Cc2cccs2)NN)CC1. The van der Waals surface area contributed by atoms with Crippen LogP contribution in [0.3, 0.4) is 0 Å². The zero-order valence-corrected chi connectivity index (χ0v) is 13.3. The van der Waals surface area contributed by atoms with E-state index in [0.717, 1.165) is 18.3 Å². The van der Waals surface area contributed by atoms with Gasteiger partial charge in [0.25, 0.3) is 0 Å². The third-order valence-corrected chi connectivity index (χ3v) is 5.68. The standard InChI is InChI=1S/C16H28N2S/c1-16(2,3)13-8-6-12(7-9-13)15(18-17)11-14-5-4-10-19-14/h4-5,10,12-13,15,18H,6-9,11,17H2,1-3H3. The van der Waals surface area contributed by atoms with Crippen molar-refractivity contribution in [3.05, 3.63) is 22.4 Å². The molecule has 1 heterocycles. The number of hydrogen-bond acceptors (Lipinski definition) is 3. The van der Waals surface area contributed by atoms with Crippen molar-refractivity contribution in [3.63, 3.8) is 0 Å². The largest absolute Gasteiger partial charge is 0.271 e. The molecule has 0 spiro atoms. The molecular formula is C16H28N2S. The van der Waals surface area contributed by atoms with E-state index < -0.39 is 0 Å². The van der Waals surface area contributed by atoms with Crippen LogP contribution >= 0.6 is 11.3 Å². The molecule has 1 aromatic rings. The van der Waals surface area contributed by atoms with E-state index >= 15 is 0 Å². The van der Waals surface area contributed by atoms with E-state index in [9.17, 15) is 0 Å². The zero-order valence-electron chi connectivity index (χ0n) is 12.5. The Bertz CT molecular complexity index is 359. The van der Waals surface area contributed by atoms with E-state index in [1.165, 1.54) is 30.6 Å². The molecular weight excluding hydrogens is 252 g/mol. The Hall–Kier alpha value is -0.380. The second-order valence-electron chi connectivity index (χ2n) is 7.03. The van der Waals surface area contributed by atoms with Gasteiger partial charge in [-0.15, -0.1) is 11.3 Å². The lowest BCUT2D eigenvalue weighted by atomic mass is 9.68. The third kappa shape index (κ3) is 4.04. The van der Waals surface area contributed by atoms with Gasteiger partial charge in [-0.1, -0.05) is 26.8 Å². The van der Waals surface area contributed by atoms with Crippen molar-refractivity contribution in [2.75, 3.05) is 0 Å². The van der Waals surface area contributed by atoms with Crippen molar-refractivity contribution in [1.29, 1.82) is 0 Å². The Balaban J connectivity index is 1.88. The number of hydrogen-bond donors (Lipinski definition) is 2. The lowest BCUT2D eigenvalue weighted by Gasteiger charge is -2.39. The van der Waals surface area contributed by atoms with Crippen molar-refractivity contribution >= 4 is 11.3 Å². The van der Waals surface area contributed by atoms with Gasteiger partial charge >= 0.3 is 0 Å². The number of thiophene rings is 1. The lowest BCUT2D eigenvalue weighted by molar-refractivity contribution is 0.132. The van der Waals surface area contributed by atoms with Crippen LogP contribution in [0, 0.1) is 17.3 Å². The van der Waals surface area contributed by atoms with Gasteiger partial charge in [0, 0.05) is 10.9 Å². The second-order valence-corrected chi connectivity index (χ2v) is 8.07. The van der Waals surface area contributed by atoms with Crippen molar-refractivity contribution in [2.45, 2.75) is 58.9 Å². The molecule has 108 valence electrons. The van der Waals surface area contributed by atoms with Crippen LogP contribution in [0.4, 0.5) is 0 Å². The Morgan fingerprint density at radius 3 is 2.47 bits per heavy atom. The van der Waals surface area contributed by atoms with Crippen molar-refractivity contribution < 1.29 is 0 Å². The van der Waals surface area contributed by atoms with Gasteiger partial charge < -0.3 is 0 Å². The first-order chi connectivity index (χ1) is 9.00. The molecule has 0 saturated heterocycles. The maximum absolute atomic E-state index is 5.80. The fourth-order valence-electron chi connectivity index (χ4n) is 3.39. The number of hydrazine groups is 1. The van der Waals surface area contributed by atoms with Gasteiger partial charge in [-0.3, -0.25) is 11.3 Å². The predicted octanol–water partition coefficient (Wildman–Crippen LogP) is 3.98. The summed E-state index contributed by atoms with van der Waals surface area (Å²) in [6, 6.07) is 4.79. The molecule has 1 aromatic heterocycles. The number of rotatable bonds is 4. The van der Waals surface area contributed by atoms with Crippen LogP contribution in [-0.4, -0.2) is 6.04 Å². The molecule has 0 radical (unpaired) electrons. The number of nitrogens with two attached hydrogens (primary N) is 1. The molecule has 2 rings (SSSR count). The highest BCUT2D eigenvalue weighted by atomic mass is 32.1. The van der Waals surface area contributed by atoms with Gasteiger partial charge in [0.05, 0.1) is 0 Å². The van der Waals surface area contributed by atoms with E-state index in [1.54, 1.807) is 0 Å². The molecule has 0 bridgehead atoms. The highest BCUT2D eigenvalue weighted by Crippen LogP contribution is 2.41. The van der Waals surface area contributed by atoms with Gasteiger partial charge in [-0.25, -0.2) is 0 Å². The fraction of sp³-hybridized carbons (Fsp3) is 0.750. The van der Waals surface area contributed by atoms with Crippen LogP contribution in [0.5, 0.6) is 0 Å². The Labute approximate surface area is 121 Å². The van der Waals surface area contributed by atoms with E-state index in [1.807, 2.05) is 11.3 Å². The second kappa shape index (κ2) is 6.38. The van der Waals surface area contributed by atoms with Gasteiger partial charge in [0.15, 0.2) is 0 Å². The molecule has 1 aliphatic carbocycles. The molecule has 1 atom stereocenters. The normalized spacial score (nSPS) is 26.3. The molecule has 0 amide bonds. The Morgan fingerprint density at radius 2 is 2.00 bits per heavy atom. The minimum Gasteiger partial charge on any atom is -0.271 e. The fourth-order valence-corrected chi connectivity index (χ4v) is 4.16. The quantitative estimate of drug-likeness (QED) is 0.647. The van der Waals surface area contributed by atoms with Gasteiger partial charge in [-0.05, 0) is 60.8 Å². The summed E-state index contributed by atoms with van der Waals surface area (Å²) in [5.74, 6) is 7.42. The zero-order chi connectivity index (χ0) is 13.9. The van der Waals surface area contributed by atoms with E-state index in [4.69, 9.17) is 5.84 Å². The van der Waals surface area contributed by atoms with Crippen LogP contribution in [0.1, 0.15) is 51.3 Å². The van der Waals surface area contributed by atoms with Crippen molar-refractivity contribution in [2.24, 2.45) is 23.1 Å². The highest BCUT2D eigenvalue weighted by Gasteiger charge is 2.32. The van der Waals surface area contributed by atoms with Gasteiger partial charge in [0.2, 0.25) is 0 Å². The predicted molar refractivity (Wildman–Crippen MR) is 84.0 cm³/mol. The van der Waals surface area contributed by atoms with Crippen LogP contribution in [0.2, 0.25) is 0 Å². The first-order valence-electron chi connectivity index (χ1n) is 7.49. The number of nitrogens with one attached hydrogen (secondary N) is 1. The smallest absolute Gasteiger partial charge is 0.0286 e. The molecule has 1 unspecified atom stereocenters. The summed E-state index contributed by atoms with van der Waals surface area (Å²) in [6.45, 7) is 7.13. The van der Waals surface area contributed by atoms with E-state index in [0.29, 0.717) is 11.5 Å². The summed E-state index contributed by atoms with van der Waals surface area (Å²) in [5.41, 5.74) is 3.53. The summed E-state index contributed by atoms with van der Waals surface area (Å²) in [4.78, 5) is 1.45. The van der Waals surface area contributed by atoms with Crippen LogP contribution in [-0.2, 0) is 6.42 Å². The minimum atomic E-state index is 0.444. The van der Waals surface area contributed by atoms with Gasteiger partial charge in [-0.2, -0.15) is 0 Å². The lowest BCUT2D eigenvalue weighted by Crippen LogP contribution is -2.44.